The molecule has 6 aromatic heterocycles. The topological polar surface area (TPSA) is 97.1 Å². The van der Waals surface area contributed by atoms with Gasteiger partial charge in [0.1, 0.15) is 0 Å². The maximum atomic E-state index is 5.22. The van der Waals surface area contributed by atoms with E-state index in [1.54, 1.807) is 0 Å². The van der Waals surface area contributed by atoms with E-state index in [-0.39, 0.29) is 0 Å². The summed E-state index contributed by atoms with van der Waals surface area (Å²) >= 11 is 0. The molecule has 0 bridgehead atoms. The van der Waals surface area contributed by atoms with Gasteiger partial charge in [-0.05, 0) is 160 Å². The Balaban J connectivity index is 0.000000143. The number of fused-ring (bicyclic) bond motifs is 12. The monoisotopic (exact) mass is 1580 g/mol. The number of hydrogen-bond donors (Lipinski definition) is 0. The molecule has 0 spiro atoms. The van der Waals surface area contributed by atoms with Crippen LogP contribution in [0, 0.1) is 0 Å². The highest BCUT2D eigenvalue weighted by molar-refractivity contribution is 6.14. The van der Waals surface area contributed by atoms with Crippen molar-refractivity contribution in [3.8, 4) is 136 Å². The van der Waals surface area contributed by atoms with Gasteiger partial charge in [-0.3, -0.25) is 0 Å². The van der Waals surface area contributed by atoms with Gasteiger partial charge in [0.15, 0.2) is 34.9 Å². The zero-order chi connectivity index (χ0) is 82.0. The van der Waals surface area contributed by atoms with Crippen LogP contribution in [-0.4, -0.2) is 48.2 Å². The highest BCUT2D eigenvalue weighted by Gasteiger charge is 2.23. The van der Waals surface area contributed by atoms with Crippen LogP contribution >= 0.6 is 0 Å². The standard InChI is InChI=1S/2C57H37N5/c1-3-16-38(17-4-1)40-20-13-22-42(34-40)55-58-56(43-23-14-21-41(35-43)39-18-5-2-6-19-39)60-57(59-55)44-24-15-25-45(36-44)61-53-31-12-9-28-49(53)50-37-46(32-33-54(50)61)62-51-29-10-7-26-47(51)48-27-8-11-30-52(48)62;1-3-15-38(16-4-1)40-29-31-41(32-30-40)55-58-56(43-20-13-19-42(35-43)39-17-5-2-6-18-39)60-57(59-55)44-21-14-22-45(36-44)61-53-28-12-9-25-49(53)50-37-46(33-34-54(50)61)62-51-26-10-7-23-47(51)48-24-8-11-27-52(48)62/h2*1-37H. The van der Waals surface area contributed by atoms with E-state index in [0.717, 1.165) is 117 Å². The number of benzene rings is 18. The lowest BCUT2D eigenvalue weighted by Gasteiger charge is -2.13. The highest BCUT2D eigenvalue weighted by atomic mass is 15.1. The normalized spacial score (nSPS) is 11.5. The Kier molecular flexibility index (Phi) is 18.0. The van der Waals surface area contributed by atoms with Crippen molar-refractivity contribution in [1.29, 1.82) is 0 Å². The Morgan fingerprint density at radius 3 is 0.605 bits per heavy atom. The quantitative estimate of drug-likeness (QED) is 0.108. The summed E-state index contributed by atoms with van der Waals surface area (Å²) in [5.41, 5.74) is 28.1. The van der Waals surface area contributed by atoms with Crippen LogP contribution in [-0.2, 0) is 0 Å². The Hall–Kier alpha value is -16.8. The molecule has 0 fully saturated rings. The van der Waals surface area contributed by atoms with Crippen molar-refractivity contribution in [2.24, 2.45) is 0 Å². The van der Waals surface area contributed by atoms with Crippen molar-refractivity contribution in [2.75, 3.05) is 0 Å². The fraction of sp³-hybridized carbons (Fsp3) is 0. The van der Waals surface area contributed by atoms with Gasteiger partial charge in [-0.2, -0.15) is 0 Å². The second-order valence-corrected chi connectivity index (χ2v) is 31.3. The third-order valence-electron chi connectivity index (χ3n) is 23.9. The first kappa shape index (κ1) is 72.4. The van der Waals surface area contributed by atoms with Gasteiger partial charge >= 0.3 is 0 Å². The Bertz CT molecular complexity index is 8020. The minimum atomic E-state index is 0.608. The van der Waals surface area contributed by atoms with E-state index < -0.39 is 0 Å². The van der Waals surface area contributed by atoms with Crippen LogP contribution < -0.4 is 0 Å². The van der Waals surface area contributed by atoms with Crippen LogP contribution in [0.5, 0.6) is 0 Å². The molecule has 124 heavy (non-hydrogen) atoms. The van der Waals surface area contributed by atoms with E-state index in [9.17, 15) is 0 Å². The lowest BCUT2D eigenvalue weighted by Crippen LogP contribution is -2.01. The first-order valence-corrected chi connectivity index (χ1v) is 41.9. The first-order chi connectivity index (χ1) is 61.5. The maximum Gasteiger partial charge on any atom is 0.164 e. The zero-order valence-corrected chi connectivity index (χ0v) is 67.2. The second-order valence-electron chi connectivity index (χ2n) is 31.3. The summed E-state index contributed by atoms with van der Waals surface area (Å²) in [7, 11) is 0. The molecule has 24 aromatic rings. The summed E-state index contributed by atoms with van der Waals surface area (Å²) < 4.78 is 9.49. The summed E-state index contributed by atoms with van der Waals surface area (Å²) in [6.45, 7) is 0. The molecular weight excluding hydrogens is 1510 g/mol. The molecule has 0 N–H and O–H groups in total. The number of rotatable bonds is 14. The summed E-state index contributed by atoms with van der Waals surface area (Å²) in [6.07, 6.45) is 0. The van der Waals surface area contributed by atoms with E-state index in [2.05, 4.69) is 443 Å². The Morgan fingerprint density at radius 2 is 0.306 bits per heavy atom. The van der Waals surface area contributed by atoms with Gasteiger partial charge in [0, 0.05) is 99.2 Å². The van der Waals surface area contributed by atoms with E-state index in [0.29, 0.717) is 34.9 Å². The average molecular weight is 1580 g/mol. The molecule has 24 rings (SSSR count). The third-order valence-corrected chi connectivity index (χ3v) is 23.9. The molecule has 0 saturated heterocycles. The van der Waals surface area contributed by atoms with E-state index in [1.807, 2.05) is 24.3 Å². The molecule has 580 valence electrons. The molecule has 0 radical (unpaired) electrons. The van der Waals surface area contributed by atoms with Crippen LogP contribution in [0.1, 0.15) is 0 Å². The van der Waals surface area contributed by atoms with Crippen LogP contribution in [0.4, 0.5) is 0 Å². The number of nitrogens with zero attached hydrogens (tertiary/aromatic N) is 10. The molecule has 18 aromatic carbocycles. The molecule has 0 aliphatic rings. The lowest BCUT2D eigenvalue weighted by atomic mass is 10.0. The maximum absolute atomic E-state index is 5.22. The molecule has 0 saturated carbocycles. The van der Waals surface area contributed by atoms with Crippen molar-refractivity contribution in [3.63, 3.8) is 0 Å². The van der Waals surface area contributed by atoms with Crippen LogP contribution in [0.2, 0.25) is 0 Å². The third kappa shape index (κ3) is 13.1. The van der Waals surface area contributed by atoms with Gasteiger partial charge in [-0.25, -0.2) is 29.9 Å². The summed E-state index contributed by atoms with van der Waals surface area (Å²) in [4.78, 5) is 31.1. The first-order valence-electron chi connectivity index (χ1n) is 41.9. The highest BCUT2D eigenvalue weighted by Crippen LogP contribution is 2.42. The van der Waals surface area contributed by atoms with Gasteiger partial charge in [0.2, 0.25) is 0 Å². The van der Waals surface area contributed by atoms with Gasteiger partial charge < -0.3 is 18.3 Å². The van der Waals surface area contributed by atoms with E-state index in [1.165, 1.54) is 70.7 Å². The molecule has 10 heteroatoms. The van der Waals surface area contributed by atoms with Crippen molar-refractivity contribution in [2.45, 2.75) is 0 Å². The van der Waals surface area contributed by atoms with Crippen molar-refractivity contribution in [3.05, 3.63) is 449 Å². The predicted octanol–water partition coefficient (Wildman–Crippen LogP) is 28.8. The average Bonchev–Trinajstić information content (AvgIpc) is 1.58. The predicted molar refractivity (Wildman–Crippen MR) is 511 cm³/mol. The van der Waals surface area contributed by atoms with Crippen LogP contribution in [0.25, 0.3) is 223 Å². The molecule has 0 unspecified atom stereocenters. The largest absolute Gasteiger partial charge is 0.309 e. The van der Waals surface area contributed by atoms with Gasteiger partial charge in [-0.15, -0.1) is 0 Å². The molecule has 6 heterocycles. The Morgan fingerprint density at radius 1 is 0.113 bits per heavy atom. The fourth-order valence-electron chi connectivity index (χ4n) is 18.1. The zero-order valence-electron chi connectivity index (χ0n) is 67.2. The molecule has 0 amide bonds. The van der Waals surface area contributed by atoms with E-state index >= 15 is 0 Å². The molecule has 0 aliphatic carbocycles. The smallest absolute Gasteiger partial charge is 0.164 e. The van der Waals surface area contributed by atoms with Crippen molar-refractivity contribution in [1.82, 2.24) is 48.2 Å². The number of para-hydroxylation sites is 6. The number of hydrogen-bond acceptors (Lipinski definition) is 6. The second kappa shape index (κ2) is 30.8. The number of aromatic nitrogens is 10. The van der Waals surface area contributed by atoms with Crippen molar-refractivity contribution >= 4 is 87.2 Å². The van der Waals surface area contributed by atoms with Gasteiger partial charge in [0.25, 0.3) is 0 Å². The molecule has 0 atom stereocenters. The SMILES string of the molecule is c1ccc(-c2ccc(-c3nc(-c4cccc(-c5ccccc5)c4)nc(-c4cccc(-n5c6ccccc6c6cc(-n7c8ccccc8c8ccccc87)ccc65)c4)n3)cc2)cc1.c1ccc(-c2cccc(-c3nc(-c4cccc(-c5ccccc5)c4)nc(-c4cccc(-n5c6ccccc6c6cc(-n7c8ccccc8c8ccccc87)ccc65)c4)n3)c2)cc1. The molecule has 10 nitrogen and oxygen atoms in total. The Labute approximate surface area is 715 Å². The summed E-state index contributed by atoms with van der Waals surface area (Å²) in [5.74, 6) is 3.69. The van der Waals surface area contributed by atoms with Crippen LogP contribution in [0.15, 0.2) is 449 Å². The van der Waals surface area contributed by atoms with E-state index in [4.69, 9.17) is 29.9 Å². The minimum absolute atomic E-state index is 0.608. The fourth-order valence-corrected chi connectivity index (χ4v) is 18.1. The molecular formula is C114H74N10. The lowest BCUT2D eigenvalue weighted by molar-refractivity contribution is 1.07. The van der Waals surface area contributed by atoms with Gasteiger partial charge in [-0.1, -0.05) is 334 Å². The van der Waals surface area contributed by atoms with Crippen molar-refractivity contribution < 1.29 is 0 Å². The minimum Gasteiger partial charge on any atom is -0.309 e. The summed E-state index contributed by atoms with van der Waals surface area (Å²) in [6, 6.07) is 158. The molecule has 0 aliphatic heterocycles. The van der Waals surface area contributed by atoms with Gasteiger partial charge in [0.05, 0.1) is 44.1 Å². The van der Waals surface area contributed by atoms with Crippen LogP contribution in [0.3, 0.4) is 0 Å². The summed E-state index contributed by atoms with van der Waals surface area (Å²) in [5, 5.41) is 9.76.